The minimum atomic E-state index is -0.928. The van der Waals surface area contributed by atoms with Crippen molar-refractivity contribution in [3.63, 3.8) is 0 Å². The molecule has 0 aliphatic carbocycles. The first kappa shape index (κ1) is 13.5. The van der Waals surface area contributed by atoms with Crippen molar-refractivity contribution in [3.8, 4) is 5.69 Å². The number of halogens is 1. The van der Waals surface area contributed by atoms with Crippen molar-refractivity contribution in [2.45, 2.75) is 13.0 Å². The molecule has 0 saturated carbocycles. The van der Waals surface area contributed by atoms with Crippen LogP contribution < -0.4 is 0 Å². The van der Waals surface area contributed by atoms with Crippen LogP contribution in [0.3, 0.4) is 0 Å². The first-order valence-corrected chi connectivity index (χ1v) is 6.57. The number of aliphatic hydroxyl groups excluding tert-OH is 1. The Morgan fingerprint density at radius 2 is 1.90 bits per heavy atom. The van der Waals surface area contributed by atoms with Crippen LogP contribution >= 0.6 is 0 Å². The molecule has 3 rings (SSSR count). The molecule has 5 heteroatoms. The Bertz CT molecular complexity index is 755. The van der Waals surface area contributed by atoms with Crippen LogP contribution in [0.15, 0.2) is 54.7 Å². The largest absolute Gasteiger partial charge is 0.382 e. The quantitative estimate of drug-likeness (QED) is 0.804. The molecule has 1 atom stereocenters. The number of para-hydroxylation sites is 1. The molecule has 106 valence electrons. The van der Waals surface area contributed by atoms with E-state index in [1.54, 1.807) is 13.0 Å². The average Bonchev–Trinajstić information content (AvgIpc) is 2.97. The molecule has 1 aromatic heterocycles. The van der Waals surface area contributed by atoms with Gasteiger partial charge in [-0.15, -0.1) is 0 Å². The Labute approximate surface area is 121 Å². The van der Waals surface area contributed by atoms with Gasteiger partial charge in [0.05, 0.1) is 11.9 Å². The van der Waals surface area contributed by atoms with E-state index in [1.165, 1.54) is 23.1 Å². The summed E-state index contributed by atoms with van der Waals surface area (Å²) >= 11 is 0. The highest BCUT2D eigenvalue weighted by Gasteiger charge is 2.17. The first-order valence-electron chi connectivity index (χ1n) is 6.57. The predicted molar refractivity (Wildman–Crippen MR) is 76.6 cm³/mol. The summed E-state index contributed by atoms with van der Waals surface area (Å²) in [4.78, 5) is 1.46. The Balaban J connectivity index is 1.92. The second-order valence-corrected chi connectivity index (χ2v) is 4.80. The van der Waals surface area contributed by atoms with E-state index < -0.39 is 6.10 Å². The third-order valence-corrected chi connectivity index (χ3v) is 3.30. The standard InChI is InChI=1S/C16H14FN3O/c1-11-9-12(17)7-8-14(11)16(21)15-10-18-20(19-15)13-5-3-2-4-6-13/h2-10,16,21H,1H3. The van der Waals surface area contributed by atoms with Gasteiger partial charge >= 0.3 is 0 Å². The van der Waals surface area contributed by atoms with Crippen molar-refractivity contribution in [1.82, 2.24) is 15.0 Å². The molecule has 2 aromatic carbocycles. The minimum Gasteiger partial charge on any atom is -0.382 e. The van der Waals surface area contributed by atoms with E-state index in [4.69, 9.17) is 0 Å². The van der Waals surface area contributed by atoms with Gasteiger partial charge in [-0.25, -0.2) is 4.39 Å². The lowest BCUT2D eigenvalue weighted by Crippen LogP contribution is -2.05. The molecule has 0 fully saturated rings. The molecule has 1 unspecified atom stereocenters. The van der Waals surface area contributed by atoms with Gasteiger partial charge in [0.15, 0.2) is 0 Å². The third-order valence-electron chi connectivity index (χ3n) is 3.30. The number of benzene rings is 2. The van der Waals surface area contributed by atoms with Gasteiger partial charge in [0.2, 0.25) is 0 Å². The summed E-state index contributed by atoms with van der Waals surface area (Å²) in [6.45, 7) is 1.75. The molecule has 0 aliphatic rings. The van der Waals surface area contributed by atoms with Gasteiger partial charge in [0.25, 0.3) is 0 Å². The topological polar surface area (TPSA) is 50.9 Å². The fourth-order valence-corrected chi connectivity index (χ4v) is 2.19. The lowest BCUT2D eigenvalue weighted by atomic mass is 10.0. The Hall–Kier alpha value is -2.53. The monoisotopic (exact) mass is 283 g/mol. The highest BCUT2D eigenvalue weighted by Crippen LogP contribution is 2.23. The second-order valence-electron chi connectivity index (χ2n) is 4.80. The zero-order valence-electron chi connectivity index (χ0n) is 11.4. The van der Waals surface area contributed by atoms with E-state index in [1.807, 2.05) is 30.3 Å². The highest BCUT2D eigenvalue weighted by molar-refractivity contribution is 5.33. The van der Waals surface area contributed by atoms with Crippen LogP contribution in [-0.4, -0.2) is 20.1 Å². The SMILES string of the molecule is Cc1cc(F)ccc1C(O)c1cnn(-c2ccccc2)n1. The van der Waals surface area contributed by atoms with Gasteiger partial charge < -0.3 is 5.11 Å². The van der Waals surface area contributed by atoms with Crippen molar-refractivity contribution in [1.29, 1.82) is 0 Å². The number of aryl methyl sites for hydroxylation is 1. The Morgan fingerprint density at radius 3 is 2.62 bits per heavy atom. The fraction of sp³-hybridized carbons (Fsp3) is 0.125. The molecule has 1 N–H and O–H groups in total. The number of rotatable bonds is 3. The summed E-state index contributed by atoms with van der Waals surface area (Å²) in [5, 5.41) is 18.8. The maximum atomic E-state index is 13.1. The van der Waals surface area contributed by atoms with Gasteiger partial charge in [-0.05, 0) is 42.3 Å². The first-order chi connectivity index (χ1) is 10.1. The molecular weight excluding hydrogens is 269 g/mol. The summed E-state index contributed by atoms with van der Waals surface area (Å²) in [6, 6.07) is 13.7. The number of hydrogen-bond acceptors (Lipinski definition) is 3. The smallest absolute Gasteiger partial charge is 0.125 e. The van der Waals surface area contributed by atoms with Crippen LogP contribution in [0.25, 0.3) is 5.69 Å². The third kappa shape index (κ3) is 2.68. The predicted octanol–water partition coefficient (Wildman–Crippen LogP) is 2.80. The molecule has 0 aliphatic heterocycles. The summed E-state index contributed by atoms with van der Waals surface area (Å²) < 4.78 is 13.1. The summed E-state index contributed by atoms with van der Waals surface area (Å²) in [6.07, 6.45) is 0.587. The van der Waals surface area contributed by atoms with Gasteiger partial charge in [-0.2, -0.15) is 15.0 Å². The van der Waals surface area contributed by atoms with Gasteiger partial charge in [-0.3, -0.25) is 0 Å². The molecular formula is C16H14FN3O. The normalized spacial score (nSPS) is 12.3. The van der Waals surface area contributed by atoms with E-state index in [0.29, 0.717) is 16.8 Å². The molecule has 0 spiro atoms. The zero-order chi connectivity index (χ0) is 14.8. The van der Waals surface area contributed by atoms with Crippen LogP contribution in [0, 0.1) is 12.7 Å². The van der Waals surface area contributed by atoms with Crippen molar-refractivity contribution in [2.75, 3.05) is 0 Å². The Kier molecular flexibility index (Phi) is 3.50. The van der Waals surface area contributed by atoms with Gasteiger partial charge in [0.1, 0.15) is 17.6 Å². The van der Waals surface area contributed by atoms with Crippen LogP contribution in [0.2, 0.25) is 0 Å². The summed E-state index contributed by atoms with van der Waals surface area (Å²) in [7, 11) is 0. The molecule has 4 nitrogen and oxygen atoms in total. The highest BCUT2D eigenvalue weighted by atomic mass is 19.1. The van der Waals surface area contributed by atoms with Gasteiger partial charge in [-0.1, -0.05) is 24.3 Å². The van der Waals surface area contributed by atoms with Crippen LogP contribution in [0.5, 0.6) is 0 Å². The number of aliphatic hydroxyl groups is 1. The zero-order valence-corrected chi connectivity index (χ0v) is 11.4. The van der Waals surface area contributed by atoms with E-state index >= 15 is 0 Å². The molecule has 3 aromatic rings. The number of hydrogen-bond donors (Lipinski definition) is 1. The van der Waals surface area contributed by atoms with Crippen LogP contribution in [-0.2, 0) is 0 Å². The number of nitrogens with zero attached hydrogens (tertiary/aromatic N) is 3. The average molecular weight is 283 g/mol. The molecule has 0 radical (unpaired) electrons. The molecule has 0 amide bonds. The molecule has 0 saturated heterocycles. The number of aromatic nitrogens is 3. The summed E-state index contributed by atoms with van der Waals surface area (Å²) in [5.41, 5.74) is 2.54. The van der Waals surface area contributed by atoms with E-state index in [9.17, 15) is 9.50 Å². The molecule has 0 bridgehead atoms. The van der Waals surface area contributed by atoms with Crippen molar-refractivity contribution < 1.29 is 9.50 Å². The van der Waals surface area contributed by atoms with Crippen LogP contribution in [0.4, 0.5) is 4.39 Å². The lowest BCUT2D eigenvalue weighted by Gasteiger charge is -2.10. The van der Waals surface area contributed by atoms with Crippen molar-refractivity contribution in [3.05, 3.63) is 77.4 Å². The lowest BCUT2D eigenvalue weighted by molar-refractivity contribution is 0.214. The van der Waals surface area contributed by atoms with Crippen molar-refractivity contribution in [2.24, 2.45) is 0 Å². The van der Waals surface area contributed by atoms with Crippen LogP contribution in [0.1, 0.15) is 22.9 Å². The van der Waals surface area contributed by atoms with E-state index in [0.717, 1.165) is 5.69 Å². The summed E-state index contributed by atoms with van der Waals surface area (Å²) in [5.74, 6) is -0.323. The fourth-order valence-electron chi connectivity index (χ4n) is 2.19. The minimum absolute atomic E-state index is 0.323. The molecule has 21 heavy (non-hydrogen) atoms. The maximum Gasteiger partial charge on any atom is 0.125 e. The van der Waals surface area contributed by atoms with E-state index in [-0.39, 0.29) is 5.82 Å². The second kappa shape index (κ2) is 5.46. The molecule has 1 heterocycles. The van der Waals surface area contributed by atoms with Gasteiger partial charge in [0, 0.05) is 0 Å². The Morgan fingerprint density at radius 1 is 1.14 bits per heavy atom. The van der Waals surface area contributed by atoms with Crippen molar-refractivity contribution >= 4 is 0 Å². The van der Waals surface area contributed by atoms with E-state index in [2.05, 4.69) is 10.2 Å². The maximum absolute atomic E-state index is 13.1.